The second-order valence-corrected chi connectivity index (χ2v) is 5.90. The van der Waals surface area contributed by atoms with Crippen molar-refractivity contribution >= 4 is 22.3 Å². The third kappa shape index (κ3) is 3.82. The summed E-state index contributed by atoms with van der Waals surface area (Å²) in [4.78, 5) is 17.0. The minimum Gasteiger partial charge on any atom is -0.461 e. The number of unbranched alkanes of at least 4 members (excludes halogenated alkanes) is 5. The Hall–Kier alpha value is -1.36. The number of aromatic nitrogens is 2. The van der Waals surface area contributed by atoms with Gasteiger partial charge in [-0.3, -0.25) is 4.40 Å². The zero-order chi connectivity index (χ0) is 14.4. The molecule has 0 aliphatic rings. The van der Waals surface area contributed by atoms with Crippen LogP contribution in [0.4, 0.5) is 0 Å². The zero-order valence-corrected chi connectivity index (χ0v) is 13.0. The van der Waals surface area contributed by atoms with E-state index >= 15 is 0 Å². The van der Waals surface area contributed by atoms with Crippen LogP contribution in [0.2, 0.25) is 0 Å². The van der Waals surface area contributed by atoms with Gasteiger partial charge in [0.2, 0.25) is 0 Å². The Balaban J connectivity index is 1.72. The van der Waals surface area contributed by atoms with E-state index in [1.54, 1.807) is 6.20 Å². The van der Waals surface area contributed by atoms with Gasteiger partial charge in [-0.1, -0.05) is 39.0 Å². The van der Waals surface area contributed by atoms with Crippen LogP contribution in [-0.2, 0) is 4.74 Å². The minimum atomic E-state index is -0.311. The highest BCUT2D eigenvalue weighted by Gasteiger charge is 2.13. The largest absolute Gasteiger partial charge is 0.461 e. The maximum Gasteiger partial charge on any atom is 0.358 e. The number of hydrogen-bond donors (Lipinski definition) is 0. The maximum absolute atomic E-state index is 11.9. The summed E-state index contributed by atoms with van der Waals surface area (Å²) in [7, 11) is 0. The Kier molecular flexibility index (Phi) is 5.59. The first-order valence-corrected chi connectivity index (χ1v) is 8.20. The van der Waals surface area contributed by atoms with E-state index in [9.17, 15) is 4.79 Å². The van der Waals surface area contributed by atoms with Crippen LogP contribution in [0, 0.1) is 6.92 Å². The predicted molar refractivity (Wildman–Crippen MR) is 81.5 cm³/mol. The molecule has 0 bridgehead atoms. The Bertz CT molecular complexity index is 559. The summed E-state index contributed by atoms with van der Waals surface area (Å²) >= 11 is 1.54. The molecule has 0 aromatic carbocycles. The quantitative estimate of drug-likeness (QED) is 0.541. The Morgan fingerprint density at radius 2 is 2.05 bits per heavy atom. The van der Waals surface area contributed by atoms with Crippen molar-refractivity contribution in [1.82, 2.24) is 9.38 Å². The van der Waals surface area contributed by atoms with Gasteiger partial charge in [-0.05, 0) is 13.3 Å². The number of aryl methyl sites for hydroxylation is 1. The number of hydrogen-bond acceptors (Lipinski definition) is 4. The number of carbonyl (C=O) groups excluding carboxylic acids is 1. The van der Waals surface area contributed by atoms with Gasteiger partial charge in [0, 0.05) is 17.3 Å². The van der Waals surface area contributed by atoms with Gasteiger partial charge in [-0.15, -0.1) is 11.3 Å². The smallest absolute Gasteiger partial charge is 0.358 e. The molecule has 5 heteroatoms. The van der Waals surface area contributed by atoms with E-state index in [0.29, 0.717) is 12.3 Å². The molecule has 0 fully saturated rings. The molecule has 2 heterocycles. The SMILES string of the molecule is CCCCCCCCOC(=O)c1cn2c(C)csc2n1. The Morgan fingerprint density at radius 3 is 2.80 bits per heavy atom. The first-order valence-electron chi connectivity index (χ1n) is 7.32. The molecule has 0 spiro atoms. The fourth-order valence-electron chi connectivity index (χ4n) is 2.11. The monoisotopic (exact) mass is 294 g/mol. The third-order valence-electron chi connectivity index (χ3n) is 3.33. The standard InChI is InChI=1S/C15H22N2O2S/c1-3-4-5-6-7-8-9-19-14(18)13-10-17-12(2)11-20-15(17)16-13/h10-11H,3-9H2,1-2H3. The van der Waals surface area contributed by atoms with Crippen LogP contribution in [0.25, 0.3) is 4.96 Å². The highest BCUT2D eigenvalue weighted by Crippen LogP contribution is 2.16. The van der Waals surface area contributed by atoms with Gasteiger partial charge >= 0.3 is 5.97 Å². The van der Waals surface area contributed by atoms with E-state index in [4.69, 9.17) is 4.74 Å². The van der Waals surface area contributed by atoms with Crippen molar-refractivity contribution in [3.63, 3.8) is 0 Å². The predicted octanol–water partition coefficient (Wildman–Crippen LogP) is 4.22. The highest BCUT2D eigenvalue weighted by atomic mass is 32.1. The summed E-state index contributed by atoms with van der Waals surface area (Å²) in [6.07, 6.45) is 8.88. The van der Waals surface area contributed by atoms with Crippen LogP contribution in [0.15, 0.2) is 11.6 Å². The molecule has 0 aliphatic heterocycles. The van der Waals surface area contributed by atoms with E-state index in [-0.39, 0.29) is 5.97 Å². The maximum atomic E-state index is 11.9. The molecule has 110 valence electrons. The van der Waals surface area contributed by atoms with E-state index in [1.807, 2.05) is 16.7 Å². The number of thiazole rings is 1. The number of fused-ring (bicyclic) bond motifs is 1. The molecule has 0 amide bonds. The van der Waals surface area contributed by atoms with E-state index in [1.165, 1.54) is 37.0 Å². The molecule has 4 nitrogen and oxygen atoms in total. The Labute approximate surface area is 123 Å². The fourth-order valence-corrected chi connectivity index (χ4v) is 2.96. The molecule has 0 aliphatic carbocycles. The average molecular weight is 294 g/mol. The van der Waals surface area contributed by atoms with Gasteiger partial charge in [0.1, 0.15) is 0 Å². The van der Waals surface area contributed by atoms with Gasteiger partial charge < -0.3 is 4.74 Å². The Morgan fingerprint density at radius 1 is 1.30 bits per heavy atom. The molecule has 0 unspecified atom stereocenters. The van der Waals surface area contributed by atoms with E-state index < -0.39 is 0 Å². The van der Waals surface area contributed by atoms with Crippen LogP contribution < -0.4 is 0 Å². The van der Waals surface area contributed by atoms with E-state index in [0.717, 1.165) is 23.5 Å². The van der Waals surface area contributed by atoms with Gasteiger partial charge in [0.05, 0.1) is 6.61 Å². The lowest BCUT2D eigenvalue weighted by atomic mass is 10.1. The molecule has 0 radical (unpaired) electrons. The zero-order valence-electron chi connectivity index (χ0n) is 12.2. The molecular weight excluding hydrogens is 272 g/mol. The van der Waals surface area contributed by atoms with Crippen molar-refractivity contribution < 1.29 is 9.53 Å². The molecule has 20 heavy (non-hydrogen) atoms. The first-order chi connectivity index (χ1) is 9.72. The van der Waals surface area contributed by atoms with Crippen molar-refractivity contribution in [2.75, 3.05) is 6.61 Å². The van der Waals surface area contributed by atoms with E-state index in [2.05, 4.69) is 11.9 Å². The van der Waals surface area contributed by atoms with Crippen LogP contribution >= 0.6 is 11.3 Å². The van der Waals surface area contributed by atoms with Crippen molar-refractivity contribution in [3.05, 3.63) is 23.0 Å². The number of esters is 1. The number of carbonyl (C=O) groups is 1. The molecule has 0 saturated heterocycles. The van der Waals surface area contributed by atoms with Crippen LogP contribution in [0.1, 0.15) is 61.6 Å². The summed E-state index contributed by atoms with van der Waals surface area (Å²) in [5.74, 6) is -0.311. The van der Waals surface area contributed by atoms with Gasteiger partial charge in [-0.25, -0.2) is 9.78 Å². The first kappa shape index (κ1) is 15.0. The molecule has 2 rings (SSSR count). The van der Waals surface area contributed by atoms with Crippen LogP contribution in [-0.4, -0.2) is 22.0 Å². The number of nitrogens with zero attached hydrogens (tertiary/aromatic N) is 2. The summed E-state index contributed by atoms with van der Waals surface area (Å²) < 4.78 is 7.19. The molecule has 2 aromatic rings. The van der Waals surface area contributed by atoms with Crippen LogP contribution in [0.5, 0.6) is 0 Å². The highest BCUT2D eigenvalue weighted by molar-refractivity contribution is 7.15. The fraction of sp³-hybridized carbons (Fsp3) is 0.600. The molecule has 0 atom stereocenters. The van der Waals surface area contributed by atoms with Gasteiger partial charge in [0.15, 0.2) is 10.7 Å². The third-order valence-corrected chi connectivity index (χ3v) is 4.29. The second-order valence-electron chi connectivity index (χ2n) is 5.06. The lowest BCUT2D eigenvalue weighted by Gasteiger charge is -2.02. The van der Waals surface area contributed by atoms with Gasteiger partial charge in [0.25, 0.3) is 0 Å². The molecule has 2 aromatic heterocycles. The normalized spacial score (nSPS) is 11.1. The molecule has 0 N–H and O–H groups in total. The van der Waals surface area contributed by atoms with Crippen molar-refractivity contribution in [1.29, 1.82) is 0 Å². The summed E-state index contributed by atoms with van der Waals surface area (Å²) in [5.41, 5.74) is 1.50. The summed E-state index contributed by atoms with van der Waals surface area (Å²) in [6.45, 7) is 4.70. The molecular formula is C15H22N2O2S. The number of ether oxygens (including phenoxy) is 1. The van der Waals surface area contributed by atoms with Crippen molar-refractivity contribution in [2.45, 2.75) is 52.4 Å². The van der Waals surface area contributed by atoms with Crippen molar-refractivity contribution in [3.8, 4) is 0 Å². The summed E-state index contributed by atoms with van der Waals surface area (Å²) in [5, 5.41) is 2.02. The van der Waals surface area contributed by atoms with Crippen molar-refractivity contribution in [2.24, 2.45) is 0 Å². The molecule has 0 saturated carbocycles. The lowest BCUT2D eigenvalue weighted by Crippen LogP contribution is -2.06. The minimum absolute atomic E-state index is 0.311. The average Bonchev–Trinajstić information content (AvgIpc) is 3.00. The summed E-state index contributed by atoms with van der Waals surface area (Å²) in [6, 6.07) is 0. The lowest BCUT2D eigenvalue weighted by molar-refractivity contribution is 0.0491. The number of imidazole rings is 1. The number of rotatable bonds is 8. The second kappa shape index (κ2) is 7.43. The van der Waals surface area contributed by atoms with Gasteiger partial charge in [-0.2, -0.15) is 0 Å². The topological polar surface area (TPSA) is 43.6 Å². The van der Waals surface area contributed by atoms with Crippen LogP contribution in [0.3, 0.4) is 0 Å².